The number of nitrogens with one attached hydrogen (secondary N) is 1. The lowest BCUT2D eigenvalue weighted by atomic mass is 10.3. The van der Waals surface area contributed by atoms with Crippen molar-refractivity contribution in [2.24, 2.45) is 15.7 Å². The van der Waals surface area contributed by atoms with Crippen LogP contribution in [0.15, 0.2) is 46.4 Å². The Morgan fingerprint density at radius 3 is 2.19 bits per heavy atom. The SMILES string of the molecule is NC(=Nc1ccc(Cl)c(Cl)c1)N=C1NC(=O)C(=O)N1c1ccc(Cl)c(Cl)c1. The Bertz CT molecular complexity index is 1020. The van der Waals surface area contributed by atoms with E-state index in [0.717, 1.165) is 4.90 Å². The van der Waals surface area contributed by atoms with Gasteiger partial charge in [-0.2, -0.15) is 4.99 Å². The van der Waals surface area contributed by atoms with Crippen LogP contribution in [0.4, 0.5) is 11.4 Å². The minimum absolute atomic E-state index is 0.121. The molecule has 0 radical (unpaired) electrons. The van der Waals surface area contributed by atoms with E-state index in [-0.39, 0.29) is 22.6 Å². The summed E-state index contributed by atoms with van der Waals surface area (Å²) in [7, 11) is 0. The van der Waals surface area contributed by atoms with E-state index in [1.54, 1.807) is 12.1 Å². The predicted molar refractivity (Wildman–Crippen MR) is 107 cm³/mol. The topological polar surface area (TPSA) is 100 Å². The molecule has 2 amide bonds. The van der Waals surface area contributed by atoms with Crippen molar-refractivity contribution in [1.29, 1.82) is 0 Å². The number of nitrogens with two attached hydrogens (primary N) is 1. The minimum atomic E-state index is -0.873. The smallest absolute Gasteiger partial charge is 0.323 e. The van der Waals surface area contributed by atoms with Crippen molar-refractivity contribution < 1.29 is 9.59 Å². The molecule has 7 nitrogen and oxygen atoms in total. The Morgan fingerprint density at radius 1 is 0.926 bits per heavy atom. The van der Waals surface area contributed by atoms with Crippen LogP contribution in [0.1, 0.15) is 0 Å². The fraction of sp³-hybridized carbons (Fsp3) is 0. The van der Waals surface area contributed by atoms with Crippen molar-refractivity contribution in [3.63, 3.8) is 0 Å². The molecule has 0 aromatic heterocycles. The average Bonchev–Trinajstić information content (AvgIpc) is 2.87. The first kappa shape index (κ1) is 19.4. The largest absolute Gasteiger partial charge is 0.368 e. The van der Waals surface area contributed by atoms with E-state index in [1.165, 1.54) is 24.3 Å². The van der Waals surface area contributed by atoms with Crippen LogP contribution in [0, 0.1) is 0 Å². The summed E-state index contributed by atoms with van der Waals surface area (Å²) in [6, 6.07) is 9.03. The Morgan fingerprint density at radius 2 is 1.56 bits per heavy atom. The quantitative estimate of drug-likeness (QED) is 0.418. The van der Waals surface area contributed by atoms with E-state index in [9.17, 15) is 9.59 Å². The summed E-state index contributed by atoms with van der Waals surface area (Å²) < 4.78 is 0. The van der Waals surface area contributed by atoms with Gasteiger partial charge in [-0.1, -0.05) is 46.4 Å². The van der Waals surface area contributed by atoms with Gasteiger partial charge in [0.2, 0.25) is 11.9 Å². The van der Waals surface area contributed by atoms with Crippen LogP contribution in [-0.4, -0.2) is 23.7 Å². The first-order chi connectivity index (χ1) is 12.8. The number of guanidine groups is 2. The number of rotatable bonds is 2. The molecule has 2 aromatic carbocycles. The third-order valence-electron chi connectivity index (χ3n) is 3.36. The van der Waals surface area contributed by atoms with E-state index < -0.39 is 11.8 Å². The number of carbonyl (C=O) groups is 2. The molecule has 1 saturated heterocycles. The molecule has 0 spiro atoms. The molecule has 138 valence electrons. The normalized spacial score (nSPS) is 16.2. The van der Waals surface area contributed by atoms with Crippen molar-refractivity contribution in [3.8, 4) is 0 Å². The van der Waals surface area contributed by atoms with Gasteiger partial charge in [-0.15, -0.1) is 0 Å². The molecule has 27 heavy (non-hydrogen) atoms. The van der Waals surface area contributed by atoms with Gasteiger partial charge < -0.3 is 5.73 Å². The van der Waals surface area contributed by atoms with Gasteiger partial charge in [0.25, 0.3) is 0 Å². The maximum Gasteiger partial charge on any atom is 0.323 e. The second-order valence-corrected chi connectivity index (χ2v) is 6.83. The second kappa shape index (κ2) is 7.74. The van der Waals surface area contributed by atoms with Crippen LogP contribution >= 0.6 is 46.4 Å². The standard InChI is InChI=1S/C16H9Cl4N5O2/c17-9-3-1-7(5-11(9)19)22-15(21)24-16-23-13(26)14(27)25(16)8-2-4-10(18)12(20)6-8/h1-6H,(H3,21,22,23,24,26). The van der Waals surface area contributed by atoms with Gasteiger partial charge in [-0.3, -0.25) is 14.9 Å². The molecule has 0 bridgehead atoms. The van der Waals surface area contributed by atoms with Gasteiger partial charge in [-0.25, -0.2) is 9.89 Å². The zero-order chi connectivity index (χ0) is 19.7. The number of carbonyl (C=O) groups excluding carboxylic acids is 2. The maximum absolute atomic E-state index is 12.2. The van der Waals surface area contributed by atoms with Crippen molar-refractivity contribution >= 4 is 81.5 Å². The first-order valence-electron chi connectivity index (χ1n) is 7.24. The number of aliphatic imine (C=N–C) groups is 2. The lowest BCUT2D eigenvalue weighted by Gasteiger charge is -2.15. The summed E-state index contributed by atoms with van der Waals surface area (Å²) in [5.74, 6) is -2.07. The van der Waals surface area contributed by atoms with Gasteiger partial charge in [0.15, 0.2) is 0 Å². The highest BCUT2D eigenvalue weighted by Crippen LogP contribution is 2.29. The predicted octanol–water partition coefficient (Wildman–Crippen LogP) is 3.77. The lowest BCUT2D eigenvalue weighted by molar-refractivity contribution is -0.134. The van der Waals surface area contributed by atoms with E-state index in [1.807, 2.05) is 0 Å². The van der Waals surface area contributed by atoms with Gasteiger partial charge in [0.1, 0.15) is 0 Å². The Kier molecular flexibility index (Phi) is 5.57. The summed E-state index contributed by atoms with van der Waals surface area (Å²) in [5, 5.41) is 3.48. The summed E-state index contributed by atoms with van der Waals surface area (Å²) in [6.07, 6.45) is 0. The number of anilines is 1. The number of benzene rings is 2. The summed E-state index contributed by atoms with van der Waals surface area (Å²) in [6.45, 7) is 0. The number of halogens is 4. The molecule has 1 fully saturated rings. The van der Waals surface area contributed by atoms with Crippen LogP contribution in [-0.2, 0) is 9.59 Å². The van der Waals surface area contributed by atoms with Crippen molar-refractivity contribution in [1.82, 2.24) is 5.32 Å². The van der Waals surface area contributed by atoms with Gasteiger partial charge >= 0.3 is 11.8 Å². The molecule has 2 aromatic rings. The highest BCUT2D eigenvalue weighted by atomic mass is 35.5. The number of amides is 2. The van der Waals surface area contributed by atoms with Crippen LogP contribution < -0.4 is 16.0 Å². The van der Waals surface area contributed by atoms with Crippen LogP contribution in [0.5, 0.6) is 0 Å². The zero-order valence-corrected chi connectivity index (χ0v) is 16.2. The van der Waals surface area contributed by atoms with Gasteiger partial charge in [0, 0.05) is 0 Å². The summed E-state index contributed by atoms with van der Waals surface area (Å²) in [4.78, 5) is 33.0. The van der Waals surface area contributed by atoms with Crippen LogP contribution in [0.3, 0.4) is 0 Å². The summed E-state index contributed by atoms with van der Waals surface area (Å²) in [5.41, 5.74) is 6.49. The molecule has 3 rings (SSSR count). The van der Waals surface area contributed by atoms with Gasteiger partial charge in [0.05, 0.1) is 31.5 Å². The monoisotopic (exact) mass is 443 g/mol. The van der Waals surface area contributed by atoms with E-state index in [2.05, 4.69) is 15.3 Å². The Balaban J connectivity index is 1.97. The third kappa shape index (κ3) is 4.17. The Labute approximate surface area is 173 Å². The third-order valence-corrected chi connectivity index (χ3v) is 4.84. The highest BCUT2D eigenvalue weighted by Gasteiger charge is 2.37. The highest BCUT2D eigenvalue weighted by molar-refractivity contribution is 6.54. The molecule has 1 aliphatic heterocycles. The number of hydrogen-bond donors (Lipinski definition) is 2. The molecule has 0 saturated carbocycles. The van der Waals surface area contributed by atoms with Crippen LogP contribution in [0.25, 0.3) is 0 Å². The van der Waals surface area contributed by atoms with E-state index in [4.69, 9.17) is 52.1 Å². The second-order valence-electron chi connectivity index (χ2n) is 5.20. The molecular weight excluding hydrogens is 436 g/mol. The van der Waals surface area contributed by atoms with E-state index >= 15 is 0 Å². The van der Waals surface area contributed by atoms with E-state index in [0.29, 0.717) is 20.8 Å². The van der Waals surface area contributed by atoms with Crippen molar-refractivity contribution in [3.05, 3.63) is 56.5 Å². The molecule has 0 unspecified atom stereocenters. The number of nitrogens with zero attached hydrogens (tertiary/aromatic N) is 3. The molecule has 1 aliphatic rings. The molecule has 1 heterocycles. The fourth-order valence-corrected chi connectivity index (χ4v) is 2.76. The average molecular weight is 445 g/mol. The first-order valence-corrected chi connectivity index (χ1v) is 8.76. The lowest BCUT2D eigenvalue weighted by Crippen LogP contribution is -2.34. The fourth-order valence-electron chi connectivity index (χ4n) is 2.17. The molecule has 0 atom stereocenters. The Hall–Kier alpha value is -2.32. The van der Waals surface area contributed by atoms with Crippen molar-refractivity contribution in [2.75, 3.05) is 4.90 Å². The molecular formula is C16H9Cl4N5O2. The molecule has 3 N–H and O–H groups in total. The maximum atomic E-state index is 12.2. The zero-order valence-electron chi connectivity index (χ0n) is 13.2. The van der Waals surface area contributed by atoms with Crippen molar-refractivity contribution in [2.45, 2.75) is 0 Å². The van der Waals surface area contributed by atoms with Gasteiger partial charge in [-0.05, 0) is 36.4 Å². The molecule has 0 aliphatic carbocycles. The number of hydrogen-bond acceptors (Lipinski definition) is 3. The molecule has 11 heteroatoms. The minimum Gasteiger partial charge on any atom is -0.368 e. The summed E-state index contributed by atoms with van der Waals surface area (Å²) >= 11 is 23.6. The van der Waals surface area contributed by atoms with Crippen LogP contribution in [0.2, 0.25) is 20.1 Å².